The summed E-state index contributed by atoms with van der Waals surface area (Å²) < 4.78 is 17.4. The zero-order chi connectivity index (χ0) is 20.1. The average molecular weight is 423 g/mol. The van der Waals surface area contributed by atoms with Crippen molar-refractivity contribution in [2.24, 2.45) is 0 Å². The number of methoxy groups -OCH3 is 2. The number of carbonyl (C=O) groups is 1. The van der Waals surface area contributed by atoms with E-state index in [2.05, 4.69) is 12.2 Å². The highest BCUT2D eigenvalue weighted by Crippen LogP contribution is 2.40. The fourth-order valence-electron chi connectivity index (χ4n) is 2.83. The van der Waals surface area contributed by atoms with Crippen LogP contribution in [0.25, 0.3) is 16.3 Å². The summed E-state index contributed by atoms with van der Waals surface area (Å²) in [7, 11) is 6.01. The predicted octanol–water partition coefficient (Wildman–Crippen LogP) is 4.82. The largest absolute Gasteiger partial charge is 0.497 e. The molecule has 2 heterocycles. The molecule has 0 spiro atoms. The van der Waals surface area contributed by atoms with Crippen LogP contribution in [-0.2, 0) is 4.74 Å². The standard InChI is InChI=1S/C19H22N2O5S2/c1-4-5-6-9-26-19(23)20-16-17-14(11-27-28-17)21(18(16)22)13-8-7-12(24-2)10-15(13)25-3/h7-8,10-11H,4-6,9H2,1-3H3,(H,20,23). The molecule has 0 aliphatic carbocycles. The Hall–Kier alpha value is -2.52. The van der Waals surface area contributed by atoms with Crippen LogP contribution in [-0.4, -0.2) is 31.5 Å². The highest BCUT2D eigenvalue weighted by Gasteiger charge is 2.26. The molecule has 7 nitrogen and oxygen atoms in total. The second-order valence-corrected chi connectivity index (χ2v) is 8.11. The van der Waals surface area contributed by atoms with Gasteiger partial charge in [-0.15, -0.1) is 0 Å². The Kier molecular flexibility index (Phi) is 6.58. The van der Waals surface area contributed by atoms with Gasteiger partial charge < -0.3 is 14.2 Å². The van der Waals surface area contributed by atoms with Gasteiger partial charge in [0, 0.05) is 11.4 Å². The lowest BCUT2D eigenvalue weighted by Crippen LogP contribution is -2.21. The third-order valence-electron chi connectivity index (χ3n) is 4.24. The molecule has 0 radical (unpaired) electrons. The van der Waals surface area contributed by atoms with Gasteiger partial charge in [0.1, 0.15) is 17.2 Å². The second kappa shape index (κ2) is 9.11. The maximum absolute atomic E-state index is 13.1. The highest BCUT2D eigenvalue weighted by molar-refractivity contribution is 7.70. The van der Waals surface area contributed by atoms with Crippen molar-refractivity contribution >= 4 is 32.5 Å². The van der Waals surface area contributed by atoms with E-state index in [4.69, 9.17) is 14.2 Å². The summed E-state index contributed by atoms with van der Waals surface area (Å²) in [6.07, 6.45) is 2.21. The molecule has 1 aromatic carbocycles. The van der Waals surface area contributed by atoms with Gasteiger partial charge in [-0.25, -0.2) is 4.79 Å². The molecule has 0 atom stereocenters. The summed E-state index contributed by atoms with van der Waals surface area (Å²) in [5, 5.41) is 4.50. The average Bonchev–Trinajstić information content (AvgIpc) is 3.27. The SMILES string of the molecule is CCCCCOC(=O)Nc1c2sscc-2n(-c2ccc(OC)cc2OC)c1=O. The molecule has 9 heteroatoms. The number of ether oxygens (including phenoxy) is 3. The van der Waals surface area contributed by atoms with Crippen LogP contribution in [0.3, 0.4) is 0 Å². The number of hydrogen-bond donors (Lipinski definition) is 1. The number of nitrogens with one attached hydrogen (secondary N) is 1. The number of benzene rings is 1. The van der Waals surface area contributed by atoms with Crippen molar-refractivity contribution in [2.45, 2.75) is 26.2 Å². The number of fused-ring (bicyclic) bond motifs is 1. The first-order valence-electron chi connectivity index (χ1n) is 8.89. The molecule has 0 bridgehead atoms. The first kappa shape index (κ1) is 20.2. The molecule has 1 amide bonds. The van der Waals surface area contributed by atoms with Gasteiger partial charge in [-0.2, -0.15) is 0 Å². The molecular weight excluding hydrogens is 400 g/mol. The molecule has 1 aromatic rings. The number of amides is 1. The van der Waals surface area contributed by atoms with E-state index in [1.165, 1.54) is 32.4 Å². The number of anilines is 1. The van der Waals surface area contributed by atoms with Crippen LogP contribution in [0.4, 0.5) is 10.5 Å². The third kappa shape index (κ3) is 4.00. The lowest BCUT2D eigenvalue weighted by Gasteiger charge is -2.11. The molecule has 0 saturated heterocycles. The van der Waals surface area contributed by atoms with Crippen LogP contribution in [0.5, 0.6) is 11.5 Å². The van der Waals surface area contributed by atoms with E-state index in [0.717, 1.165) is 19.3 Å². The molecule has 0 saturated carbocycles. The number of unbranched alkanes of at least 4 members (excludes halogenated alkanes) is 2. The number of hydrogen-bond acceptors (Lipinski definition) is 7. The normalized spacial score (nSPS) is 10.8. The maximum atomic E-state index is 13.1. The van der Waals surface area contributed by atoms with E-state index in [9.17, 15) is 9.59 Å². The first-order chi connectivity index (χ1) is 13.6. The number of nitrogens with zero attached hydrogens (tertiary/aromatic N) is 1. The van der Waals surface area contributed by atoms with Crippen molar-refractivity contribution in [3.05, 3.63) is 33.9 Å². The fourth-order valence-corrected chi connectivity index (χ4v) is 5.03. The minimum Gasteiger partial charge on any atom is -0.497 e. The highest BCUT2D eigenvalue weighted by atomic mass is 32.9. The van der Waals surface area contributed by atoms with Crippen molar-refractivity contribution in [2.75, 3.05) is 26.1 Å². The van der Waals surface area contributed by atoms with Crippen molar-refractivity contribution in [1.29, 1.82) is 0 Å². The minimum absolute atomic E-state index is 0.222. The molecule has 1 N–H and O–H groups in total. The van der Waals surface area contributed by atoms with Gasteiger partial charge >= 0.3 is 6.09 Å². The Morgan fingerprint density at radius 3 is 2.75 bits per heavy atom. The molecule has 0 unspecified atom stereocenters. The third-order valence-corrected chi connectivity index (χ3v) is 6.32. The van der Waals surface area contributed by atoms with Crippen LogP contribution in [0.1, 0.15) is 26.2 Å². The minimum atomic E-state index is -0.618. The van der Waals surface area contributed by atoms with Crippen molar-refractivity contribution < 1.29 is 19.0 Å². The summed E-state index contributed by atoms with van der Waals surface area (Å²) in [5.41, 5.74) is 1.18. The molecule has 2 aliphatic rings. The Bertz CT molecular complexity index is 975. The molecule has 150 valence electrons. The Morgan fingerprint density at radius 2 is 2.04 bits per heavy atom. The van der Waals surface area contributed by atoms with Gasteiger partial charge in [0.2, 0.25) is 0 Å². The van der Waals surface area contributed by atoms with Gasteiger partial charge in [0.05, 0.1) is 37.1 Å². The molecular formula is C19H22N2O5S2. The molecule has 2 aliphatic heterocycles. The maximum Gasteiger partial charge on any atom is 0.411 e. The summed E-state index contributed by atoms with van der Waals surface area (Å²) >= 11 is 0. The van der Waals surface area contributed by atoms with E-state index in [0.29, 0.717) is 34.4 Å². The number of aromatic nitrogens is 1. The van der Waals surface area contributed by atoms with E-state index in [1.54, 1.807) is 25.3 Å². The van der Waals surface area contributed by atoms with Crippen LogP contribution in [0.15, 0.2) is 28.4 Å². The molecule has 0 fully saturated rings. The lowest BCUT2D eigenvalue weighted by atomic mass is 10.2. The van der Waals surface area contributed by atoms with E-state index >= 15 is 0 Å². The second-order valence-electron chi connectivity index (χ2n) is 6.03. The summed E-state index contributed by atoms with van der Waals surface area (Å²) in [6.45, 7) is 2.41. The number of rotatable bonds is 8. The van der Waals surface area contributed by atoms with Gasteiger partial charge in [-0.1, -0.05) is 40.4 Å². The summed E-state index contributed by atoms with van der Waals surface area (Å²) in [6, 6.07) is 5.23. The van der Waals surface area contributed by atoms with Crippen molar-refractivity contribution in [1.82, 2.24) is 4.57 Å². The predicted molar refractivity (Wildman–Crippen MR) is 112 cm³/mol. The van der Waals surface area contributed by atoms with E-state index in [1.807, 2.05) is 5.38 Å². The zero-order valence-corrected chi connectivity index (χ0v) is 17.6. The van der Waals surface area contributed by atoms with E-state index in [-0.39, 0.29) is 11.2 Å². The number of carbonyl (C=O) groups excluding carboxylic acids is 1. The molecule has 28 heavy (non-hydrogen) atoms. The molecule has 0 aromatic heterocycles. The summed E-state index contributed by atoms with van der Waals surface area (Å²) in [5.74, 6) is 1.12. The Balaban J connectivity index is 1.94. The van der Waals surface area contributed by atoms with Gasteiger partial charge in [0.15, 0.2) is 0 Å². The Morgan fingerprint density at radius 1 is 1.21 bits per heavy atom. The Labute approximate surface area is 170 Å². The van der Waals surface area contributed by atoms with E-state index < -0.39 is 6.09 Å². The van der Waals surface area contributed by atoms with Crippen LogP contribution in [0.2, 0.25) is 0 Å². The van der Waals surface area contributed by atoms with Crippen LogP contribution < -0.4 is 20.3 Å². The van der Waals surface area contributed by atoms with Gasteiger partial charge in [-0.05, 0) is 18.6 Å². The first-order valence-corrected chi connectivity index (χ1v) is 11.1. The lowest BCUT2D eigenvalue weighted by molar-refractivity contribution is 0.159. The van der Waals surface area contributed by atoms with Crippen molar-refractivity contribution in [3.63, 3.8) is 0 Å². The molecule has 3 rings (SSSR count). The van der Waals surface area contributed by atoms with Crippen molar-refractivity contribution in [3.8, 4) is 27.8 Å². The zero-order valence-electron chi connectivity index (χ0n) is 15.9. The smallest absolute Gasteiger partial charge is 0.411 e. The summed E-state index contributed by atoms with van der Waals surface area (Å²) in [4.78, 5) is 25.9. The van der Waals surface area contributed by atoms with Crippen LogP contribution >= 0.6 is 20.7 Å². The monoisotopic (exact) mass is 422 g/mol. The fraction of sp³-hybridized carbons (Fsp3) is 0.368. The quantitative estimate of drug-likeness (QED) is 0.416. The van der Waals surface area contributed by atoms with Gasteiger partial charge in [-0.3, -0.25) is 14.7 Å². The van der Waals surface area contributed by atoms with Crippen LogP contribution in [0, 0.1) is 0 Å². The van der Waals surface area contributed by atoms with Gasteiger partial charge in [0.25, 0.3) is 5.56 Å². The topological polar surface area (TPSA) is 78.8 Å².